The van der Waals surface area contributed by atoms with Gasteiger partial charge in [0.05, 0.1) is 5.69 Å². The molecule has 0 saturated carbocycles. The Morgan fingerprint density at radius 1 is 1.30 bits per heavy atom. The SMILES string of the molecule is ClCCc1cn(Cc2nc(-c3ccccn3)no2)nn1. The topological polar surface area (TPSA) is 82.5 Å². The van der Waals surface area contributed by atoms with Gasteiger partial charge in [-0.2, -0.15) is 4.98 Å². The van der Waals surface area contributed by atoms with Gasteiger partial charge < -0.3 is 4.52 Å². The van der Waals surface area contributed by atoms with Gasteiger partial charge >= 0.3 is 0 Å². The van der Waals surface area contributed by atoms with Crippen LogP contribution in [0.1, 0.15) is 11.6 Å². The van der Waals surface area contributed by atoms with Crippen LogP contribution in [-0.4, -0.2) is 36.0 Å². The molecule has 0 radical (unpaired) electrons. The van der Waals surface area contributed by atoms with E-state index in [9.17, 15) is 0 Å². The molecule has 0 spiro atoms. The number of nitrogens with zero attached hydrogens (tertiary/aromatic N) is 6. The molecule has 0 N–H and O–H groups in total. The molecule has 3 rings (SSSR count). The Labute approximate surface area is 119 Å². The number of aryl methyl sites for hydroxylation is 1. The number of pyridine rings is 1. The van der Waals surface area contributed by atoms with Crippen molar-refractivity contribution >= 4 is 11.6 Å². The Morgan fingerprint density at radius 3 is 3.05 bits per heavy atom. The smallest absolute Gasteiger partial charge is 0.248 e. The van der Waals surface area contributed by atoms with Crippen molar-refractivity contribution in [3.05, 3.63) is 42.2 Å². The summed E-state index contributed by atoms with van der Waals surface area (Å²) in [5, 5.41) is 11.9. The molecule has 0 atom stereocenters. The molecule has 0 saturated heterocycles. The molecule has 0 aliphatic carbocycles. The van der Waals surface area contributed by atoms with Crippen LogP contribution in [0.4, 0.5) is 0 Å². The van der Waals surface area contributed by atoms with Crippen molar-refractivity contribution in [3.8, 4) is 11.5 Å². The standard InChI is InChI=1S/C12H11ClN6O/c13-5-4-9-7-19(18-16-9)8-11-15-12(17-20-11)10-3-1-2-6-14-10/h1-3,6-7H,4-5,8H2. The number of rotatable bonds is 5. The zero-order chi connectivity index (χ0) is 13.8. The average Bonchev–Trinajstić information content (AvgIpc) is 3.11. The number of hydrogen-bond donors (Lipinski definition) is 0. The number of aromatic nitrogens is 6. The van der Waals surface area contributed by atoms with Crippen LogP contribution in [0.5, 0.6) is 0 Å². The zero-order valence-electron chi connectivity index (χ0n) is 10.5. The molecule has 102 valence electrons. The third kappa shape index (κ3) is 2.83. The molecule has 7 nitrogen and oxygen atoms in total. The van der Waals surface area contributed by atoms with Crippen LogP contribution in [0.2, 0.25) is 0 Å². The van der Waals surface area contributed by atoms with Crippen LogP contribution in [0.3, 0.4) is 0 Å². The van der Waals surface area contributed by atoms with Crippen LogP contribution in [0, 0.1) is 0 Å². The molecule has 0 amide bonds. The van der Waals surface area contributed by atoms with Gasteiger partial charge in [0.25, 0.3) is 0 Å². The maximum absolute atomic E-state index is 5.65. The predicted octanol–water partition coefficient (Wildman–Crippen LogP) is 1.55. The Hall–Kier alpha value is -2.28. The molecule has 3 aromatic rings. The third-order valence-electron chi connectivity index (χ3n) is 2.60. The van der Waals surface area contributed by atoms with Crippen molar-refractivity contribution in [2.24, 2.45) is 0 Å². The van der Waals surface area contributed by atoms with Crippen molar-refractivity contribution in [3.63, 3.8) is 0 Å². The van der Waals surface area contributed by atoms with Gasteiger partial charge in [-0.05, 0) is 12.1 Å². The maximum atomic E-state index is 5.65. The number of halogens is 1. The first-order valence-corrected chi connectivity index (χ1v) is 6.57. The van der Waals surface area contributed by atoms with Crippen molar-refractivity contribution in [2.75, 3.05) is 5.88 Å². The summed E-state index contributed by atoms with van der Waals surface area (Å²) in [6.45, 7) is 0.370. The van der Waals surface area contributed by atoms with Crippen molar-refractivity contribution in [1.29, 1.82) is 0 Å². The Morgan fingerprint density at radius 2 is 2.25 bits per heavy atom. The predicted molar refractivity (Wildman–Crippen MR) is 71.1 cm³/mol. The molecule has 8 heteroatoms. The second-order valence-corrected chi connectivity index (χ2v) is 4.45. The van der Waals surface area contributed by atoms with Gasteiger partial charge in [0.1, 0.15) is 12.2 Å². The van der Waals surface area contributed by atoms with Crippen LogP contribution in [0.15, 0.2) is 35.1 Å². The van der Waals surface area contributed by atoms with Gasteiger partial charge in [0.2, 0.25) is 11.7 Å². The molecular formula is C12H11ClN6O. The second kappa shape index (κ2) is 5.79. The Balaban J connectivity index is 1.73. The molecular weight excluding hydrogens is 280 g/mol. The Kier molecular flexibility index (Phi) is 3.69. The second-order valence-electron chi connectivity index (χ2n) is 4.07. The fourth-order valence-corrected chi connectivity index (χ4v) is 1.88. The monoisotopic (exact) mass is 290 g/mol. The van der Waals surface area contributed by atoms with Crippen LogP contribution in [0.25, 0.3) is 11.5 Å². The normalized spacial score (nSPS) is 10.8. The lowest BCUT2D eigenvalue weighted by Gasteiger charge is -1.92. The van der Waals surface area contributed by atoms with Gasteiger partial charge in [0.15, 0.2) is 0 Å². The minimum atomic E-state index is 0.370. The first-order valence-electron chi connectivity index (χ1n) is 6.04. The Bertz CT molecular complexity index is 680. The van der Waals surface area contributed by atoms with Crippen LogP contribution < -0.4 is 0 Å². The summed E-state index contributed by atoms with van der Waals surface area (Å²) in [6, 6.07) is 5.52. The summed E-state index contributed by atoms with van der Waals surface area (Å²) in [5.41, 5.74) is 1.51. The molecule has 0 bridgehead atoms. The first-order chi connectivity index (χ1) is 9.85. The number of hydrogen-bond acceptors (Lipinski definition) is 6. The van der Waals surface area contributed by atoms with E-state index < -0.39 is 0 Å². The molecule has 0 aliphatic rings. The van der Waals surface area contributed by atoms with E-state index in [4.69, 9.17) is 16.1 Å². The lowest BCUT2D eigenvalue weighted by Crippen LogP contribution is -2.00. The van der Waals surface area contributed by atoms with Gasteiger partial charge in [-0.1, -0.05) is 16.4 Å². The molecule has 3 aromatic heterocycles. The summed E-state index contributed by atoms with van der Waals surface area (Å²) >= 11 is 5.65. The zero-order valence-corrected chi connectivity index (χ0v) is 11.2. The molecule has 3 heterocycles. The van der Waals surface area contributed by atoms with Crippen molar-refractivity contribution in [2.45, 2.75) is 13.0 Å². The summed E-state index contributed by atoms with van der Waals surface area (Å²) in [4.78, 5) is 8.44. The average molecular weight is 291 g/mol. The minimum absolute atomic E-state index is 0.370. The fraction of sp³-hybridized carbons (Fsp3) is 0.250. The first kappa shape index (κ1) is 12.7. The minimum Gasteiger partial charge on any atom is -0.337 e. The van der Waals surface area contributed by atoms with Gasteiger partial charge in [-0.15, -0.1) is 16.7 Å². The lowest BCUT2D eigenvalue weighted by molar-refractivity contribution is 0.364. The highest BCUT2D eigenvalue weighted by molar-refractivity contribution is 6.17. The van der Waals surface area contributed by atoms with E-state index in [0.717, 1.165) is 5.69 Å². The molecule has 0 unspecified atom stereocenters. The lowest BCUT2D eigenvalue weighted by atomic mass is 10.3. The van der Waals surface area contributed by atoms with E-state index in [1.54, 1.807) is 10.9 Å². The van der Waals surface area contributed by atoms with E-state index >= 15 is 0 Å². The summed E-state index contributed by atoms with van der Waals surface area (Å²) in [5.74, 6) is 1.43. The molecule has 0 aromatic carbocycles. The largest absolute Gasteiger partial charge is 0.337 e. The highest BCUT2D eigenvalue weighted by Crippen LogP contribution is 2.12. The summed E-state index contributed by atoms with van der Waals surface area (Å²) < 4.78 is 6.81. The quantitative estimate of drug-likeness (QED) is 0.663. The summed E-state index contributed by atoms with van der Waals surface area (Å²) in [7, 11) is 0. The number of alkyl halides is 1. The van der Waals surface area contributed by atoms with Gasteiger partial charge in [0, 0.05) is 24.7 Å². The molecule has 0 aliphatic heterocycles. The fourth-order valence-electron chi connectivity index (χ4n) is 1.68. The highest BCUT2D eigenvalue weighted by atomic mass is 35.5. The molecule has 20 heavy (non-hydrogen) atoms. The molecule has 0 fully saturated rings. The highest BCUT2D eigenvalue weighted by Gasteiger charge is 2.10. The van der Waals surface area contributed by atoms with E-state index in [2.05, 4.69) is 25.4 Å². The van der Waals surface area contributed by atoms with E-state index in [0.29, 0.717) is 36.3 Å². The van der Waals surface area contributed by atoms with E-state index in [1.165, 1.54) is 0 Å². The van der Waals surface area contributed by atoms with Crippen LogP contribution >= 0.6 is 11.6 Å². The van der Waals surface area contributed by atoms with E-state index in [-0.39, 0.29) is 0 Å². The van der Waals surface area contributed by atoms with Crippen molar-refractivity contribution in [1.82, 2.24) is 30.1 Å². The van der Waals surface area contributed by atoms with Crippen LogP contribution in [-0.2, 0) is 13.0 Å². The van der Waals surface area contributed by atoms with Crippen molar-refractivity contribution < 1.29 is 4.52 Å². The van der Waals surface area contributed by atoms with Gasteiger partial charge in [-0.3, -0.25) is 4.98 Å². The van der Waals surface area contributed by atoms with Gasteiger partial charge in [-0.25, -0.2) is 4.68 Å². The third-order valence-corrected chi connectivity index (χ3v) is 2.79. The summed E-state index contributed by atoms with van der Waals surface area (Å²) in [6.07, 6.45) is 4.18. The van der Waals surface area contributed by atoms with E-state index in [1.807, 2.05) is 24.4 Å². The maximum Gasteiger partial charge on any atom is 0.248 e.